The van der Waals surface area contributed by atoms with Crippen molar-refractivity contribution in [3.8, 4) is 0 Å². The Labute approximate surface area is 133 Å². The van der Waals surface area contributed by atoms with E-state index in [0.29, 0.717) is 17.4 Å². The van der Waals surface area contributed by atoms with Crippen molar-refractivity contribution in [3.05, 3.63) is 65.0 Å². The van der Waals surface area contributed by atoms with Crippen LogP contribution in [0.1, 0.15) is 44.3 Å². The van der Waals surface area contributed by atoms with Crippen LogP contribution < -0.4 is 5.32 Å². The van der Waals surface area contributed by atoms with Gasteiger partial charge >= 0.3 is 5.97 Å². The first-order valence-electron chi connectivity index (χ1n) is 7.73. The Morgan fingerprint density at radius 2 is 2.04 bits per heavy atom. The molecule has 2 N–H and O–H groups in total. The van der Waals surface area contributed by atoms with E-state index in [1.54, 1.807) is 6.07 Å². The summed E-state index contributed by atoms with van der Waals surface area (Å²) in [6.07, 6.45) is 3.50. The van der Waals surface area contributed by atoms with Crippen molar-refractivity contribution < 1.29 is 14.7 Å². The van der Waals surface area contributed by atoms with E-state index in [1.165, 1.54) is 23.4 Å². The van der Waals surface area contributed by atoms with Crippen LogP contribution in [0.15, 0.2) is 42.6 Å². The van der Waals surface area contributed by atoms with Gasteiger partial charge in [0.15, 0.2) is 0 Å². The van der Waals surface area contributed by atoms with E-state index in [0.717, 1.165) is 12.8 Å². The minimum atomic E-state index is -1.13. The summed E-state index contributed by atoms with van der Waals surface area (Å²) in [5.41, 5.74) is 2.95. The molecule has 1 amide bonds. The maximum atomic E-state index is 12.4. The average Bonchev–Trinajstić information content (AvgIpc) is 3.28. The standard InChI is InChI=1S/C18H16N2O3/c21-17(11-7-8-19-14(9-11)18(22)23)20-16-13-6-5-10-3-1-2-4-12(10)15(13)16/h1-4,7-9,13,15-16H,5-6H2,(H,20,21)(H,22,23). The molecule has 1 fully saturated rings. The molecule has 3 unspecified atom stereocenters. The van der Waals surface area contributed by atoms with E-state index < -0.39 is 5.97 Å². The van der Waals surface area contributed by atoms with E-state index in [9.17, 15) is 9.59 Å². The Morgan fingerprint density at radius 1 is 1.22 bits per heavy atom. The highest BCUT2D eigenvalue weighted by atomic mass is 16.4. The summed E-state index contributed by atoms with van der Waals surface area (Å²) in [6, 6.07) is 11.4. The number of aromatic carboxylic acids is 1. The summed E-state index contributed by atoms with van der Waals surface area (Å²) >= 11 is 0. The zero-order chi connectivity index (χ0) is 16.0. The fraction of sp³-hybridized carbons (Fsp3) is 0.278. The Bertz CT molecular complexity index is 802. The largest absolute Gasteiger partial charge is 0.477 e. The van der Waals surface area contributed by atoms with Crippen molar-refractivity contribution in [1.82, 2.24) is 10.3 Å². The summed E-state index contributed by atoms with van der Waals surface area (Å²) in [4.78, 5) is 27.1. The van der Waals surface area contributed by atoms with Gasteiger partial charge in [-0.25, -0.2) is 9.78 Å². The van der Waals surface area contributed by atoms with Crippen molar-refractivity contribution in [1.29, 1.82) is 0 Å². The van der Waals surface area contributed by atoms with E-state index in [-0.39, 0.29) is 17.6 Å². The second kappa shape index (κ2) is 5.19. The lowest BCUT2D eigenvalue weighted by molar-refractivity contribution is 0.0690. The maximum absolute atomic E-state index is 12.4. The first-order valence-corrected chi connectivity index (χ1v) is 7.73. The molecule has 1 aromatic carbocycles. The molecule has 23 heavy (non-hydrogen) atoms. The van der Waals surface area contributed by atoms with Gasteiger partial charge in [0.2, 0.25) is 0 Å². The van der Waals surface area contributed by atoms with Gasteiger partial charge in [-0.3, -0.25) is 4.79 Å². The second-order valence-corrected chi connectivity index (χ2v) is 6.16. The fourth-order valence-corrected chi connectivity index (χ4v) is 3.69. The number of carboxylic acids is 1. The molecule has 0 radical (unpaired) electrons. The molecule has 5 nitrogen and oxygen atoms in total. The molecule has 116 valence electrons. The number of carbonyl (C=O) groups excluding carboxylic acids is 1. The Kier molecular flexibility index (Phi) is 3.15. The first-order chi connectivity index (χ1) is 11.1. The number of nitrogens with one attached hydrogen (secondary N) is 1. The van der Waals surface area contributed by atoms with Gasteiger partial charge < -0.3 is 10.4 Å². The topological polar surface area (TPSA) is 79.3 Å². The predicted octanol–water partition coefficient (Wildman–Crippen LogP) is 2.24. The van der Waals surface area contributed by atoms with Gasteiger partial charge in [-0.15, -0.1) is 0 Å². The number of benzene rings is 1. The normalized spacial score (nSPS) is 24.3. The molecule has 1 saturated carbocycles. The molecule has 0 bridgehead atoms. The Morgan fingerprint density at radius 3 is 2.87 bits per heavy atom. The highest BCUT2D eigenvalue weighted by Crippen LogP contribution is 2.54. The van der Waals surface area contributed by atoms with E-state index in [2.05, 4.69) is 28.5 Å². The van der Waals surface area contributed by atoms with Crippen LogP contribution in [-0.2, 0) is 6.42 Å². The van der Waals surface area contributed by atoms with Crippen LogP contribution >= 0.6 is 0 Å². The maximum Gasteiger partial charge on any atom is 0.354 e. The fourth-order valence-electron chi connectivity index (χ4n) is 3.69. The van der Waals surface area contributed by atoms with Gasteiger partial charge in [-0.2, -0.15) is 0 Å². The molecule has 0 aliphatic heterocycles. The quantitative estimate of drug-likeness (QED) is 0.911. The lowest BCUT2D eigenvalue weighted by Crippen LogP contribution is -2.27. The van der Waals surface area contributed by atoms with Gasteiger partial charge in [0.25, 0.3) is 5.91 Å². The third kappa shape index (κ3) is 2.38. The average molecular weight is 308 g/mol. The van der Waals surface area contributed by atoms with Crippen molar-refractivity contribution >= 4 is 11.9 Å². The highest BCUT2D eigenvalue weighted by molar-refractivity contribution is 5.97. The number of hydrogen-bond acceptors (Lipinski definition) is 3. The third-order valence-corrected chi connectivity index (χ3v) is 4.87. The number of nitrogens with zero attached hydrogens (tertiary/aromatic N) is 1. The van der Waals surface area contributed by atoms with Gasteiger partial charge in [0.1, 0.15) is 5.69 Å². The molecule has 0 spiro atoms. The molecule has 5 heteroatoms. The lowest BCUT2D eigenvalue weighted by atomic mass is 9.92. The number of pyridine rings is 1. The minimum Gasteiger partial charge on any atom is -0.477 e. The molecule has 0 saturated heterocycles. The van der Waals surface area contributed by atoms with Crippen LogP contribution in [0.5, 0.6) is 0 Å². The zero-order valence-corrected chi connectivity index (χ0v) is 12.4. The van der Waals surface area contributed by atoms with Crippen molar-refractivity contribution in [3.63, 3.8) is 0 Å². The van der Waals surface area contributed by atoms with Crippen LogP contribution in [0.25, 0.3) is 0 Å². The molecule has 2 aliphatic carbocycles. The van der Waals surface area contributed by atoms with Gasteiger partial charge in [-0.1, -0.05) is 24.3 Å². The summed E-state index contributed by atoms with van der Waals surface area (Å²) in [7, 11) is 0. The first kappa shape index (κ1) is 13.9. The van der Waals surface area contributed by atoms with Crippen LogP contribution in [0, 0.1) is 5.92 Å². The van der Waals surface area contributed by atoms with Crippen LogP contribution in [0.4, 0.5) is 0 Å². The van der Waals surface area contributed by atoms with Crippen LogP contribution in [0.2, 0.25) is 0 Å². The molecule has 2 aliphatic rings. The summed E-state index contributed by atoms with van der Waals surface area (Å²) in [6.45, 7) is 0. The van der Waals surface area contributed by atoms with E-state index in [1.807, 2.05) is 6.07 Å². The molecule has 1 heterocycles. The van der Waals surface area contributed by atoms with E-state index in [4.69, 9.17) is 5.11 Å². The number of carboxylic acid groups (broad SMARTS) is 1. The van der Waals surface area contributed by atoms with Gasteiger partial charge in [0.05, 0.1) is 0 Å². The third-order valence-electron chi connectivity index (χ3n) is 4.87. The summed E-state index contributed by atoms with van der Waals surface area (Å²) < 4.78 is 0. The molecule has 3 atom stereocenters. The van der Waals surface area contributed by atoms with Crippen LogP contribution in [0.3, 0.4) is 0 Å². The van der Waals surface area contributed by atoms with Crippen molar-refractivity contribution in [2.45, 2.75) is 24.8 Å². The summed E-state index contributed by atoms with van der Waals surface area (Å²) in [5, 5.41) is 12.0. The van der Waals surface area contributed by atoms with Crippen molar-refractivity contribution in [2.24, 2.45) is 5.92 Å². The zero-order valence-electron chi connectivity index (χ0n) is 12.4. The number of hydrogen-bond donors (Lipinski definition) is 2. The second-order valence-electron chi connectivity index (χ2n) is 6.16. The van der Waals surface area contributed by atoms with Crippen molar-refractivity contribution in [2.75, 3.05) is 0 Å². The molecule has 4 rings (SSSR count). The monoisotopic (exact) mass is 308 g/mol. The number of carbonyl (C=O) groups is 2. The van der Waals surface area contributed by atoms with Gasteiger partial charge in [0, 0.05) is 23.7 Å². The Hall–Kier alpha value is -2.69. The molecule has 1 aromatic heterocycles. The Balaban J connectivity index is 1.51. The molecular weight excluding hydrogens is 292 g/mol. The smallest absolute Gasteiger partial charge is 0.354 e. The number of rotatable bonds is 3. The number of aromatic nitrogens is 1. The number of fused-ring (bicyclic) bond motifs is 3. The van der Waals surface area contributed by atoms with Crippen LogP contribution in [-0.4, -0.2) is 28.0 Å². The van der Waals surface area contributed by atoms with Gasteiger partial charge in [-0.05, 0) is 42.0 Å². The molecular formula is C18H16N2O3. The summed E-state index contributed by atoms with van der Waals surface area (Å²) in [5.74, 6) is -0.472. The lowest BCUT2D eigenvalue weighted by Gasteiger charge is -2.13. The molecule has 2 aromatic rings. The minimum absolute atomic E-state index is 0.115. The predicted molar refractivity (Wildman–Crippen MR) is 83.4 cm³/mol. The SMILES string of the molecule is O=C(NC1C2CCc3ccccc3C21)c1ccnc(C(=O)O)c1. The highest BCUT2D eigenvalue weighted by Gasteiger charge is 2.53. The number of amides is 1. The number of aryl methyl sites for hydroxylation is 1. The van der Waals surface area contributed by atoms with E-state index >= 15 is 0 Å².